The van der Waals surface area contributed by atoms with E-state index in [1.807, 2.05) is 0 Å². The second-order valence-electron chi connectivity index (χ2n) is 3.57. The van der Waals surface area contributed by atoms with Crippen molar-refractivity contribution in [3.63, 3.8) is 0 Å². The summed E-state index contributed by atoms with van der Waals surface area (Å²) in [5.74, 6) is 0.669. The first kappa shape index (κ1) is 6.63. The first-order chi connectivity index (χ1) is 5.95. The lowest BCUT2D eigenvalue weighted by Gasteiger charge is -2.06. The van der Waals surface area contributed by atoms with Crippen LogP contribution in [0.2, 0.25) is 0 Å². The van der Waals surface area contributed by atoms with Crippen molar-refractivity contribution in [3.05, 3.63) is 35.4 Å². The molecule has 1 aromatic carbocycles. The van der Waals surface area contributed by atoms with Gasteiger partial charge in [0, 0.05) is 5.92 Å². The maximum absolute atomic E-state index is 5.22. The average Bonchev–Trinajstić information content (AvgIpc) is 2.62. The molecular formula is C10H11NO. The lowest BCUT2D eigenvalue weighted by molar-refractivity contribution is 0.0848. The summed E-state index contributed by atoms with van der Waals surface area (Å²) in [6, 6.07) is 9.08. The second-order valence-corrected chi connectivity index (χ2v) is 3.57. The number of hydrogen-bond donors (Lipinski definition) is 1. The molecule has 0 amide bonds. The minimum Gasteiger partial charge on any atom is -0.301 e. The highest BCUT2D eigenvalue weighted by atomic mass is 16.7. The molecule has 1 aromatic rings. The van der Waals surface area contributed by atoms with Crippen LogP contribution in [0.1, 0.15) is 17.2 Å². The molecule has 1 heterocycles. The third kappa shape index (κ3) is 0.765. The van der Waals surface area contributed by atoms with Crippen LogP contribution < -0.4 is 5.48 Å². The number of hydrogen-bond acceptors (Lipinski definition) is 2. The van der Waals surface area contributed by atoms with E-state index in [2.05, 4.69) is 29.7 Å². The van der Waals surface area contributed by atoms with E-state index in [1.165, 1.54) is 17.5 Å². The maximum atomic E-state index is 5.22. The molecule has 1 aliphatic heterocycles. The lowest BCUT2D eigenvalue weighted by atomic mass is 10.0. The van der Waals surface area contributed by atoms with Gasteiger partial charge in [-0.2, -0.15) is 5.48 Å². The molecule has 2 unspecified atom stereocenters. The Balaban J connectivity index is 2.09. The molecule has 2 heteroatoms. The summed E-state index contributed by atoms with van der Waals surface area (Å²) in [7, 11) is 0. The predicted octanol–water partition coefficient (Wildman–Crippen LogP) is 1.43. The molecule has 1 aliphatic carbocycles. The summed E-state index contributed by atoms with van der Waals surface area (Å²) in [5, 5.41) is 0. The molecule has 0 aromatic heterocycles. The van der Waals surface area contributed by atoms with Gasteiger partial charge in [-0.3, -0.25) is 0 Å². The van der Waals surface area contributed by atoms with Gasteiger partial charge in [0.15, 0.2) is 0 Å². The van der Waals surface area contributed by atoms with Crippen LogP contribution in [-0.4, -0.2) is 6.61 Å². The van der Waals surface area contributed by atoms with E-state index in [1.54, 1.807) is 0 Å². The molecule has 0 spiro atoms. The van der Waals surface area contributed by atoms with Crippen molar-refractivity contribution in [2.24, 2.45) is 5.92 Å². The van der Waals surface area contributed by atoms with Crippen molar-refractivity contribution in [2.75, 3.05) is 6.61 Å². The van der Waals surface area contributed by atoms with Gasteiger partial charge in [0.05, 0.1) is 12.6 Å². The first-order valence-corrected chi connectivity index (χ1v) is 4.40. The summed E-state index contributed by atoms with van der Waals surface area (Å²) in [6.07, 6.45) is 1.17. The molecule has 2 aliphatic rings. The number of nitrogens with one attached hydrogen (secondary N) is 1. The van der Waals surface area contributed by atoms with Crippen LogP contribution in [0, 0.1) is 5.92 Å². The van der Waals surface area contributed by atoms with E-state index < -0.39 is 0 Å². The standard InChI is InChI=1S/C10H11NO/c1-2-4-9-7(3-1)5-8-6-12-11-10(8)9/h1-4,8,10-11H,5-6H2. The van der Waals surface area contributed by atoms with Crippen LogP contribution >= 0.6 is 0 Å². The van der Waals surface area contributed by atoms with Crippen molar-refractivity contribution in [1.82, 2.24) is 5.48 Å². The molecule has 3 rings (SSSR count). The highest BCUT2D eigenvalue weighted by Crippen LogP contribution is 2.38. The molecule has 1 fully saturated rings. The lowest BCUT2D eigenvalue weighted by Crippen LogP contribution is -2.12. The van der Waals surface area contributed by atoms with Crippen LogP contribution in [0.5, 0.6) is 0 Å². The van der Waals surface area contributed by atoms with E-state index >= 15 is 0 Å². The minimum absolute atomic E-state index is 0.459. The zero-order valence-electron chi connectivity index (χ0n) is 6.79. The highest BCUT2D eigenvalue weighted by Gasteiger charge is 2.36. The Morgan fingerprint density at radius 1 is 1.33 bits per heavy atom. The van der Waals surface area contributed by atoms with Gasteiger partial charge >= 0.3 is 0 Å². The highest BCUT2D eigenvalue weighted by molar-refractivity contribution is 5.36. The monoisotopic (exact) mass is 161 g/mol. The summed E-state index contributed by atoms with van der Waals surface area (Å²) in [6.45, 7) is 0.860. The third-order valence-corrected chi connectivity index (χ3v) is 2.85. The molecule has 12 heavy (non-hydrogen) atoms. The van der Waals surface area contributed by atoms with Crippen LogP contribution in [0.4, 0.5) is 0 Å². The van der Waals surface area contributed by atoms with E-state index in [0.29, 0.717) is 12.0 Å². The van der Waals surface area contributed by atoms with Gasteiger partial charge in [-0.15, -0.1) is 0 Å². The van der Waals surface area contributed by atoms with Gasteiger partial charge in [0.2, 0.25) is 0 Å². The van der Waals surface area contributed by atoms with Crippen LogP contribution in [0.25, 0.3) is 0 Å². The van der Waals surface area contributed by atoms with E-state index in [4.69, 9.17) is 4.84 Å². The van der Waals surface area contributed by atoms with Crippen molar-refractivity contribution in [2.45, 2.75) is 12.5 Å². The Bertz CT molecular complexity index is 310. The first-order valence-electron chi connectivity index (χ1n) is 4.40. The molecule has 0 radical (unpaired) electrons. The molecule has 62 valence electrons. The maximum Gasteiger partial charge on any atom is 0.0732 e. The van der Waals surface area contributed by atoms with Gasteiger partial charge in [0.1, 0.15) is 0 Å². The van der Waals surface area contributed by atoms with Gasteiger partial charge < -0.3 is 4.84 Å². The van der Waals surface area contributed by atoms with Gasteiger partial charge in [0.25, 0.3) is 0 Å². The third-order valence-electron chi connectivity index (χ3n) is 2.85. The Hall–Kier alpha value is -0.860. The van der Waals surface area contributed by atoms with Crippen molar-refractivity contribution < 1.29 is 4.84 Å². The van der Waals surface area contributed by atoms with Crippen molar-refractivity contribution >= 4 is 0 Å². The minimum atomic E-state index is 0.459. The summed E-state index contributed by atoms with van der Waals surface area (Å²) >= 11 is 0. The Kier molecular flexibility index (Phi) is 1.28. The molecule has 1 N–H and O–H groups in total. The zero-order chi connectivity index (χ0) is 7.97. The number of hydroxylamine groups is 1. The van der Waals surface area contributed by atoms with Gasteiger partial charge in [-0.05, 0) is 17.5 Å². The Morgan fingerprint density at radius 2 is 2.25 bits per heavy atom. The molecule has 0 bridgehead atoms. The van der Waals surface area contributed by atoms with Crippen molar-refractivity contribution in [1.29, 1.82) is 0 Å². The normalized spacial score (nSPS) is 31.7. The summed E-state index contributed by atoms with van der Waals surface area (Å²) in [4.78, 5) is 5.22. The van der Waals surface area contributed by atoms with Crippen molar-refractivity contribution in [3.8, 4) is 0 Å². The van der Waals surface area contributed by atoms with Crippen LogP contribution in [-0.2, 0) is 11.3 Å². The molecule has 0 saturated carbocycles. The largest absolute Gasteiger partial charge is 0.301 e. The Morgan fingerprint density at radius 3 is 3.25 bits per heavy atom. The van der Waals surface area contributed by atoms with Crippen LogP contribution in [0.15, 0.2) is 24.3 Å². The quantitative estimate of drug-likeness (QED) is 0.621. The molecule has 2 nitrogen and oxygen atoms in total. The summed E-state index contributed by atoms with van der Waals surface area (Å²) in [5.41, 5.74) is 5.99. The molecule has 1 saturated heterocycles. The van der Waals surface area contributed by atoms with E-state index in [-0.39, 0.29) is 0 Å². The fourth-order valence-corrected chi connectivity index (χ4v) is 2.24. The molecular weight excluding hydrogens is 150 g/mol. The fraction of sp³-hybridized carbons (Fsp3) is 0.400. The average molecular weight is 161 g/mol. The Labute approximate surface area is 71.5 Å². The predicted molar refractivity (Wildman–Crippen MR) is 45.5 cm³/mol. The second kappa shape index (κ2) is 2.31. The number of rotatable bonds is 0. The van der Waals surface area contributed by atoms with Crippen LogP contribution in [0.3, 0.4) is 0 Å². The summed E-state index contributed by atoms with van der Waals surface area (Å²) < 4.78 is 0. The van der Waals surface area contributed by atoms with Gasteiger partial charge in [-0.1, -0.05) is 24.3 Å². The smallest absolute Gasteiger partial charge is 0.0732 e. The topological polar surface area (TPSA) is 21.3 Å². The SMILES string of the molecule is c1ccc2c(c1)CC1CONC21. The zero-order valence-corrected chi connectivity index (χ0v) is 6.79. The molecule has 2 atom stereocenters. The van der Waals surface area contributed by atoms with E-state index in [9.17, 15) is 0 Å². The number of benzene rings is 1. The van der Waals surface area contributed by atoms with Gasteiger partial charge in [-0.25, -0.2) is 0 Å². The van der Waals surface area contributed by atoms with E-state index in [0.717, 1.165) is 6.61 Å². The number of fused-ring (bicyclic) bond motifs is 3. The fourth-order valence-electron chi connectivity index (χ4n) is 2.24.